The predicted octanol–water partition coefficient (Wildman–Crippen LogP) is 1.39. The highest BCUT2D eigenvalue weighted by Crippen LogP contribution is 2.43. The molecule has 2 atom stereocenters. The molecule has 2 unspecified atom stereocenters. The van der Waals surface area contributed by atoms with E-state index in [0.717, 1.165) is 31.0 Å². The number of anilines is 1. The number of urea groups is 1. The van der Waals surface area contributed by atoms with Gasteiger partial charge in [0.25, 0.3) is 0 Å². The summed E-state index contributed by atoms with van der Waals surface area (Å²) >= 11 is 1.52. The van der Waals surface area contributed by atoms with E-state index in [2.05, 4.69) is 21.4 Å². The van der Waals surface area contributed by atoms with Crippen LogP contribution in [0.4, 0.5) is 9.93 Å². The number of carbonyl (C=O) groups excluding carboxylic acids is 1. The molecule has 3 heterocycles. The fourth-order valence-corrected chi connectivity index (χ4v) is 4.22. The quantitative estimate of drug-likeness (QED) is 0.788. The van der Waals surface area contributed by atoms with E-state index in [4.69, 9.17) is 11.2 Å². The van der Waals surface area contributed by atoms with Gasteiger partial charge in [-0.05, 0) is 25.7 Å². The van der Waals surface area contributed by atoms with Crippen LogP contribution in [-0.4, -0.2) is 59.6 Å². The molecule has 4 rings (SSSR count). The van der Waals surface area contributed by atoms with Gasteiger partial charge in [-0.1, -0.05) is 17.3 Å². The third-order valence-electron chi connectivity index (χ3n) is 4.63. The molecule has 1 aliphatic carbocycles. The van der Waals surface area contributed by atoms with Crippen molar-refractivity contribution in [1.29, 1.82) is 0 Å². The largest absolute Gasteiger partial charge is 0.377 e. The molecule has 2 saturated heterocycles. The van der Waals surface area contributed by atoms with Gasteiger partial charge in [0.15, 0.2) is 0 Å². The minimum atomic E-state index is -0.143. The smallest absolute Gasteiger partial charge is 0.328 e. The lowest BCUT2D eigenvalue weighted by atomic mass is 10.2. The molecule has 1 aromatic rings. The van der Waals surface area contributed by atoms with Gasteiger partial charge in [0.1, 0.15) is 11.2 Å². The van der Waals surface area contributed by atoms with E-state index >= 15 is 0 Å². The number of hydrogen-bond donors (Lipinski definition) is 1. The summed E-state index contributed by atoms with van der Waals surface area (Å²) < 4.78 is 5.66. The second kappa shape index (κ2) is 6.67. The Kier molecular flexibility index (Phi) is 4.39. The zero-order chi connectivity index (χ0) is 16.5. The number of rotatable bonds is 6. The first kappa shape index (κ1) is 15.8. The van der Waals surface area contributed by atoms with Crippen LogP contribution >= 0.6 is 11.3 Å². The lowest BCUT2D eigenvalue weighted by Crippen LogP contribution is -2.47. The molecule has 2 aliphatic heterocycles. The standard InChI is InChI=1S/C16H21N5O2S/c1-2-7-20-10-13(17-9-12-4-3-8-23-12)21(16(20)22)15-19-18-14(24-15)11-5-6-11/h1,11-13,17H,3-10H2. The fraction of sp³-hybridized carbons (Fsp3) is 0.688. The van der Waals surface area contributed by atoms with Crippen LogP contribution in [-0.2, 0) is 4.74 Å². The van der Waals surface area contributed by atoms with Crippen LogP contribution in [0.2, 0.25) is 0 Å². The highest BCUT2D eigenvalue weighted by atomic mass is 32.1. The Balaban J connectivity index is 1.49. The molecule has 2 amide bonds. The molecule has 1 aromatic heterocycles. The maximum atomic E-state index is 12.7. The highest BCUT2D eigenvalue weighted by Gasteiger charge is 2.40. The van der Waals surface area contributed by atoms with Crippen molar-refractivity contribution in [1.82, 2.24) is 20.4 Å². The molecule has 8 heteroatoms. The number of hydrogen-bond acceptors (Lipinski definition) is 6. The first-order valence-electron chi connectivity index (χ1n) is 8.46. The summed E-state index contributed by atoms with van der Waals surface area (Å²) in [6.45, 7) is 2.41. The zero-order valence-corrected chi connectivity index (χ0v) is 14.3. The van der Waals surface area contributed by atoms with Crippen molar-refractivity contribution in [2.75, 3.05) is 31.1 Å². The van der Waals surface area contributed by atoms with Crippen molar-refractivity contribution in [2.24, 2.45) is 0 Å². The Morgan fingerprint density at radius 1 is 1.38 bits per heavy atom. The first-order valence-corrected chi connectivity index (χ1v) is 9.28. The van der Waals surface area contributed by atoms with Crippen molar-refractivity contribution in [3.63, 3.8) is 0 Å². The molecule has 0 radical (unpaired) electrons. The summed E-state index contributed by atoms with van der Waals surface area (Å²) in [6.07, 6.45) is 9.99. The van der Waals surface area contributed by atoms with Crippen LogP contribution in [0.15, 0.2) is 0 Å². The number of carbonyl (C=O) groups is 1. The maximum Gasteiger partial charge on any atom is 0.328 e. The van der Waals surface area contributed by atoms with Crippen LogP contribution in [0.5, 0.6) is 0 Å². The van der Waals surface area contributed by atoms with Gasteiger partial charge < -0.3 is 9.64 Å². The van der Waals surface area contributed by atoms with Crippen molar-refractivity contribution >= 4 is 22.5 Å². The van der Waals surface area contributed by atoms with Gasteiger partial charge >= 0.3 is 6.03 Å². The molecule has 1 saturated carbocycles. The van der Waals surface area contributed by atoms with Gasteiger partial charge in [0.05, 0.1) is 19.2 Å². The van der Waals surface area contributed by atoms with E-state index in [1.807, 2.05) is 0 Å². The van der Waals surface area contributed by atoms with Crippen molar-refractivity contribution in [3.8, 4) is 12.3 Å². The Labute approximate surface area is 145 Å². The second-order valence-electron chi connectivity index (χ2n) is 6.49. The van der Waals surface area contributed by atoms with E-state index in [0.29, 0.717) is 24.1 Å². The van der Waals surface area contributed by atoms with Crippen molar-refractivity contribution in [2.45, 2.75) is 43.9 Å². The number of nitrogens with zero attached hydrogens (tertiary/aromatic N) is 4. The third-order valence-corrected chi connectivity index (χ3v) is 5.72. The van der Waals surface area contributed by atoms with Gasteiger partial charge in [-0.2, -0.15) is 0 Å². The van der Waals surface area contributed by atoms with Gasteiger partial charge in [0.2, 0.25) is 5.13 Å². The topological polar surface area (TPSA) is 70.6 Å². The van der Waals surface area contributed by atoms with E-state index in [9.17, 15) is 4.79 Å². The maximum absolute atomic E-state index is 12.7. The molecule has 1 N–H and O–H groups in total. The Morgan fingerprint density at radius 2 is 2.25 bits per heavy atom. The minimum absolute atomic E-state index is 0.101. The normalized spacial score (nSPS) is 27.0. The van der Waals surface area contributed by atoms with Crippen LogP contribution < -0.4 is 10.2 Å². The van der Waals surface area contributed by atoms with E-state index in [1.54, 1.807) is 9.80 Å². The van der Waals surface area contributed by atoms with Crippen LogP contribution in [0, 0.1) is 12.3 Å². The van der Waals surface area contributed by atoms with E-state index in [1.165, 1.54) is 24.2 Å². The Bertz CT molecular complexity index is 647. The SMILES string of the molecule is C#CCN1CC(NCC2CCCO2)N(c2nnc(C3CC3)s2)C1=O. The summed E-state index contributed by atoms with van der Waals surface area (Å²) in [5, 5.41) is 13.7. The molecule has 128 valence electrons. The molecule has 3 aliphatic rings. The molecular formula is C16H21N5O2S. The van der Waals surface area contributed by atoms with Crippen LogP contribution in [0.3, 0.4) is 0 Å². The summed E-state index contributed by atoms with van der Waals surface area (Å²) in [5.74, 6) is 3.09. The lowest BCUT2D eigenvalue weighted by Gasteiger charge is -2.22. The highest BCUT2D eigenvalue weighted by molar-refractivity contribution is 7.15. The number of nitrogens with one attached hydrogen (secondary N) is 1. The monoisotopic (exact) mass is 347 g/mol. The number of amides is 2. The molecule has 3 fully saturated rings. The van der Waals surface area contributed by atoms with Gasteiger partial charge in [-0.3, -0.25) is 10.2 Å². The molecule has 7 nitrogen and oxygen atoms in total. The molecular weight excluding hydrogens is 326 g/mol. The Hall–Kier alpha value is -1.69. The summed E-state index contributed by atoms with van der Waals surface area (Å²) in [5.41, 5.74) is 0. The van der Waals surface area contributed by atoms with E-state index < -0.39 is 0 Å². The van der Waals surface area contributed by atoms with Gasteiger partial charge in [0, 0.05) is 19.1 Å². The molecule has 24 heavy (non-hydrogen) atoms. The predicted molar refractivity (Wildman–Crippen MR) is 90.9 cm³/mol. The summed E-state index contributed by atoms with van der Waals surface area (Å²) in [7, 11) is 0. The van der Waals surface area contributed by atoms with E-state index in [-0.39, 0.29) is 18.3 Å². The fourth-order valence-electron chi connectivity index (χ4n) is 3.16. The summed E-state index contributed by atoms with van der Waals surface area (Å²) in [4.78, 5) is 16.1. The van der Waals surface area contributed by atoms with Crippen molar-refractivity contribution < 1.29 is 9.53 Å². The molecule has 0 spiro atoms. The summed E-state index contributed by atoms with van der Waals surface area (Å²) in [6, 6.07) is -0.101. The number of terminal acetylenes is 1. The minimum Gasteiger partial charge on any atom is -0.377 e. The van der Waals surface area contributed by atoms with Crippen LogP contribution in [0.1, 0.15) is 36.6 Å². The molecule has 0 aromatic carbocycles. The second-order valence-corrected chi connectivity index (χ2v) is 7.48. The third kappa shape index (κ3) is 3.11. The number of ether oxygens (including phenoxy) is 1. The zero-order valence-electron chi connectivity index (χ0n) is 13.5. The molecule has 0 bridgehead atoms. The van der Waals surface area contributed by atoms with Crippen LogP contribution in [0.25, 0.3) is 0 Å². The first-order chi connectivity index (χ1) is 11.8. The average Bonchev–Trinajstić information content (AvgIpc) is 2.99. The van der Waals surface area contributed by atoms with Gasteiger partial charge in [-0.25, -0.2) is 4.79 Å². The lowest BCUT2D eigenvalue weighted by molar-refractivity contribution is 0.107. The Morgan fingerprint density at radius 3 is 2.96 bits per heavy atom. The number of aromatic nitrogens is 2. The average molecular weight is 347 g/mol. The van der Waals surface area contributed by atoms with Crippen molar-refractivity contribution in [3.05, 3.63) is 5.01 Å². The van der Waals surface area contributed by atoms with Gasteiger partial charge in [-0.15, -0.1) is 16.6 Å².